The van der Waals surface area contributed by atoms with Crippen LogP contribution in [0.5, 0.6) is 0 Å². The van der Waals surface area contributed by atoms with Crippen molar-refractivity contribution in [2.24, 2.45) is 17.1 Å². The number of rotatable bonds is 5. The summed E-state index contributed by atoms with van der Waals surface area (Å²) in [4.78, 5) is 28.4. The molecule has 1 saturated carbocycles. The minimum Gasteiger partial charge on any atom is -0.369 e. The van der Waals surface area contributed by atoms with Gasteiger partial charge in [0.05, 0.1) is 5.41 Å². The summed E-state index contributed by atoms with van der Waals surface area (Å²) in [7, 11) is 0. The predicted octanol–water partition coefficient (Wildman–Crippen LogP) is 3.85. The molecule has 1 aromatic carbocycles. The van der Waals surface area contributed by atoms with Crippen LogP contribution in [0, 0.1) is 11.3 Å². The van der Waals surface area contributed by atoms with Gasteiger partial charge in [-0.15, -0.1) is 11.3 Å². The maximum Gasteiger partial charge on any atom is 0.225 e. The first-order chi connectivity index (χ1) is 13.1. The van der Waals surface area contributed by atoms with Crippen LogP contribution >= 0.6 is 11.3 Å². The number of thiophene rings is 1. The summed E-state index contributed by atoms with van der Waals surface area (Å²) < 4.78 is 0. The largest absolute Gasteiger partial charge is 0.369 e. The second kappa shape index (κ2) is 7.47. The highest BCUT2D eigenvalue weighted by atomic mass is 32.1. The van der Waals surface area contributed by atoms with E-state index < -0.39 is 5.41 Å². The number of nitrogens with zero attached hydrogens (tertiary/aromatic N) is 1. The lowest BCUT2D eigenvalue weighted by molar-refractivity contribution is -0.145. The Balaban J connectivity index is 1.56. The van der Waals surface area contributed by atoms with Gasteiger partial charge in [0.15, 0.2) is 0 Å². The Morgan fingerprint density at radius 2 is 2.04 bits per heavy atom. The second-order valence-corrected chi connectivity index (χ2v) is 8.94. The molecule has 1 aliphatic heterocycles. The average Bonchev–Trinajstić information content (AvgIpc) is 3.15. The van der Waals surface area contributed by atoms with Crippen molar-refractivity contribution in [3.8, 4) is 10.4 Å². The minimum absolute atomic E-state index is 0.163. The minimum atomic E-state index is -0.661. The van der Waals surface area contributed by atoms with Gasteiger partial charge in [-0.25, -0.2) is 0 Å². The summed E-state index contributed by atoms with van der Waals surface area (Å²) >= 11 is 1.71. The molecule has 4 nitrogen and oxygen atoms in total. The topological polar surface area (TPSA) is 63.4 Å². The molecule has 27 heavy (non-hydrogen) atoms. The van der Waals surface area contributed by atoms with Crippen molar-refractivity contribution in [2.45, 2.75) is 38.5 Å². The van der Waals surface area contributed by atoms with E-state index in [0.717, 1.165) is 44.2 Å². The summed E-state index contributed by atoms with van der Waals surface area (Å²) in [5.41, 5.74) is 7.51. The second-order valence-electron chi connectivity index (χ2n) is 7.99. The van der Waals surface area contributed by atoms with Crippen LogP contribution in [0.15, 0.2) is 41.8 Å². The van der Waals surface area contributed by atoms with Crippen molar-refractivity contribution in [1.82, 2.24) is 4.90 Å². The average molecular weight is 383 g/mol. The van der Waals surface area contributed by atoms with E-state index in [1.54, 1.807) is 11.3 Å². The molecule has 1 unspecified atom stereocenters. The highest BCUT2D eigenvalue weighted by Crippen LogP contribution is 2.37. The lowest BCUT2D eigenvalue weighted by Crippen LogP contribution is -2.54. The van der Waals surface area contributed by atoms with Crippen LogP contribution in [0.4, 0.5) is 0 Å². The highest BCUT2D eigenvalue weighted by Gasteiger charge is 2.43. The van der Waals surface area contributed by atoms with Crippen molar-refractivity contribution in [1.29, 1.82) is 0 Å². The van der Waals surface area contributed by atoms with Gasteiger partial charge in [0.1, 0.15) is 0 Å². The van der Waals surface area contributed by atoms with Gasteiger partial charge >= 0.3 is 0 Å². The molecule has 2 amide bonds. The van der Waals surface area contributed by atoms with Gasteiger partial charge in [0, 0.05) is 23.9 Å². The number of hydrogen-bond donors (Lipinski definition) is 1. The molecule has 2 fully saturated rings. The zero-order valence-electron chi connectivity index (χ0n) is 15.5. The molecule has 0 bridgehead atoms. The number of likely N-dealkylation sites (tertiary alicyclic amines) is 1. The Morgan fingerprint density at radius 3 is 2.70 bits per heavy atom. The van der Waals surface area contributed by atoms with E-state index in [1.165, 1.54) is 10.4 Å². The van der Waals surface area contributed by atoms with Gasteiger partial charge in [0.25, 0.3) is 0 Å². The van der Waals surface area contributed by atoms with Gasteiger partial charge in [-0.2, -0.15) is 0 Å². The fourth-order valence-electron chi connectivity index (χ4n) is 4.33. The molecule has 2 aliphatic rings. The van der Waals surface area contributed by atoms with Crippen LogP contribution in [-0.4, -0.2) is 29.8 Å². The third-order valence-electron chi connectivity index (χ3n) is 6.14. The fraction of sp³-hybridized carbons (Fsp3) is 0.455. The molecular weight excluding hydrogens is 356 g/mol. The molecule has 1 aliphatic carbocycles. The van der Waals surface area contributed by atoms with Gasteiger partial charge in [-0.1, -0.05) is 36.8 Å². The van der Waals surface area contributed by atoms with E-state index in [-0.39, 0.29) is 17.7 Å². The number of carbonyl (C=O) groups excluding carboxylic acids is 2. The summed E-state index contributed by atoms with van der Waals surface area (Å²) in [6.07, 6.45) is 5.30. The zero-order valence-corrected chi connectivity index (χ0v) is 16.3. The van der Waals surface area contributed by atoms with Gasteiger partial charge in [0.2, 0.25) is 11.8 Å². The number of hydrogen-bond acceptors (Lipinski definition) is 3. The number of carbonyl (C=O) groups is 2. The van der Waals surface area contributed by atoms with Crippen LogP contribution in [0.2, 0.25) is 0 Å². The van der Waals surface area contributed by atoms with Crippen molar-refractivity contribution in [3.05, 3.63) is 47.3 Å². The molecule has 1 aromatic heterocycles. The van der Waals surface area contributed by atoms with Gasteiger partial charge in [-0.05, 0) is 54.7 Å². The van der Waals surface area contributed by atoms with E-state index >= 15 is 0 Å². The number of amides is 2. The molecule has 2 aromatic rings. The Kier molecular flexibility index (Phi) is 5.04. The molecule has 2 N–H and O–H groups in total. The van der Waals surface area contributed by atoms with E-state index in [4.69, 9.17) is 5.73 Å². The number of piperidine rings is 1. The quantitative estimate of drug-likeness (QED) is 0.854. The number of benzene rings is 1. The fourth-order valence-corrected chi connectivity index (χ4v) is 5.06. The van der Waals surface area contributed by atoms with E-state index in [2.05, 4.69) is 29.6 Å². The Bertz CT molecular complexity index is 829. The standard InChI is InChI=1S/C22H26N2O2S/c23-21(26)22(10-4-11-24(15-22)20(25)17-6-2-7-17)14-16-5-1-8-18(13-16)19-9-3-12-27-19/h1,3,5,8-9,12-13,17H,2,4,6-7,10-11,14-15H2,(H2,23,26). The van der Waals surface area contributed by atoms with Crippen molar-refractivity contribution < 1.29 is 9.59 Å². The Hall–Kier alpha value is -2.14. The van der Waals surface area contributed by atoms with Crippen LogP contribution in [0.1, 0.15) is 37.7 Å². The monoisotopic (exact) mass is 382 g/mol. The van der Waals surface area contributed by atoms with Crippen LogP contribution in [-0.2, 0) is 16.0 Å². The lowest BCUT2D eigenvalue weighted by Gasteiger charge is -2.43. The summed E-state index contributed by atoms with van der Waals surface area (Å²) in [5, 5.41) is 2.07. The first-order valence-electron chi connectivity index (χ1n) is 9.79. The molecule has 1 saturated heterocycles. The van der Waals surface area contributed by atoms with Crippen LogP contribution < -0.4 is 5.73 Å². The summed E-state index contributed by atoms with van der Waals surface area (Å²) in [5.74, 6) is 0.102. The first-order valence-corrected chi connectivity index (χ1v) is 10.7. The maximum atomic E-state index is 12.7. The molecule has 4 rings (SSSR count). The van der Waals surface area contributed by atoms with E-state index in [9.17, 15) is 9.59 Å². The number of nitrogens with two attached hydrogens (primary N) is 1. The van der Waals surface area contributed by atoms with Crippen LogP contribution in [0.25, 0.3) is 10.4 Å². The normalized spacial score (nSPS) is 23.0. The Labute approximate surface area is 164 Å². The zero-order chi connectivity index (χ0) is 18.9. The molecule has 2 heterocycles. The van der Waals surface area contributed by atoms with Crippen LogP contribution in [0.3, 0.4) is 0 Å². The molecule has 0 spiro atoms. The molecule has 0 radical (unpaired) electrons. The van der Waals surface area contributed by atoms with Gasteiger partial charge in [-0.3, -0.25) is 9.59 Å². The van der Waals surface area contributed by atoms with Crippen molar-refractivity contribution >= 4 is 23.2 Å². The SMILES string of the molecule is NC(=O)C1(Cc2cccc(-c3cccs3)c2)CCCN(C(=O)C2CCC2)C1. The smallest absolute Gasteiger partial charge is 0.225 e. The van der Waals surface area contributed by atoms with Crippen molar-refractivity contribution in [3.63, 3.8) is 0 Å². The van der Waals surface area contributed by atoms with E-state index in [1.807, 2.05) is 17.0 Å². The lowest BCUT2D eigenvalue weighted by atomic mass is 9.73. The Morgan fingerprint density at radius 1 is 1.19 bits per heavy atom. The van der Waals surface area contributed by atoms with Crippen molar-refractivity contribution in [2.75, 3.05) is 13.1 Å². The molecule has 5 heteroatoms. The summed E-state index contributed by atoms with van der Waals surface area (Å²) in [6, 6.07) is 12.5. The highest BCUT2D eigenvalue weighted by molar-refractivity contribution is 7.13. The van der Waals surface area contributed by atoms with Gasteiger partial charge < -0.3 is 10.6 Å². The molecule has 142 valence electrons. The maximum absolute atomic E-state index is 12.7. The molecule has 1 atom stereocenters. The number of primary amides is 1. The predicted molar refractivity (Wildman–Crippen MR) is 108 cm³/mol. The summed E-state index contributed by atoms with van der Waals surface area (Å²) in [6.45, 7) is 1.21. The van der Waals surface area contributed by atoms with E-state index in [0.29, 0.717) is 13.0 Å². The third kappa shape index (κ3) is 3.65. The third-order valence-corrected chi connectivity index (χ3v) is 7.06. The molecular formula is C22H26N2O2S. The first kappa shape index (κ1) is 18.2.